The van der Waals surface area contributed by atoms with Crippen LogP contribution in [0.3, 0.4) is 0 Å². The van der Waals surface area contributed by atoms with Crippen LogP contribution in [0.1, 0.15) is 39.6 Å². The summed E-state index contributed by atoms with van der Waals surface area (Å²) in [6.07, 6.45) is 0.500. The number of para-hydroxylation sites is 1. The van der Waals surface area contributed by atoms with E-state index in [4.69, 9.17) is 0 Å². The summed E-state index contributed by atoms with van der Waals surface area (Å²) in [5.74, 6) is 0. The maximum absolute atomic E-state index is 14.9. The Kier molecular flexibility index (Phi) is 3.71. The van der Waals surface area contributed by atoms with E-state index in [1.807, 2.05) is 12.1 Å². The summed E-state index contributed by atoms with van der Waals surface area (Å²) in [6, 6.07) is 10.3. The van der Waals surface area contributed by atoms with E-state index in [-0.39, 0.29) is 0 Å². The highest BCUT2D eigenvalue weighted by Crippen LogP contribution is 2.35. The van der Waals surface area contributed by atoms with Gasteiger partial charge in [-0.2, -0.15) is 0 Å². The van der Waals surface area contributed by atoms with Crippen molar-refractivity contribution in [3.8, 4) is 0 Å². The average molecular weight is 283 g/mol. The number of benzene rings is 2. The number of aryl methyl sites for hydroxylation is 3. The number of hydrogen-bond acceptors (Lipinski definition) is 1. The van der Waals surface area contributed by atoms with Gasteiger partial charge in [0.2, 0.25) is 0 Å². The van der Waals surface area contributed by atoms with E-state index >= 15 is 0 Å². The Hall–Kier alpha value is -1.83. The molecule has 0 radical (unpaired) electrons. The minimum atomic E-state index is -0.953. The predicted octanol–water partition coefficient (Wildman–Crippen LogP) is 4.83. The van der Waals surface area contributed by atoms with Crippen LogP contribution in [0.25, 0.3) is 0 Å². The van der Waals surface area contributed by atoms with Gasteiger partial charge in [-0.3, -0.25) is 0 Å². The quantitative estimate of drug-likeness (QED) is 0.850. The number of halogens is 1. The van der Waals surface area contributed by atoms with Gasteiger partial charge in [-0.25, -0.2) is 4.39 Å². The molecule has 1 atom stereocenters. The monoisotopic (exact) mass is 283 g/mol. The van der Waals surface area contributed by atoms with Crippen LogP contribution in [0.4, 0.5) is 10.1 Å². The zero-order chi connectivity index (χ0) is 15.0. The Labute approximate surface area is 126 Å². The van der Waals surface area contributed by atoms with Gasteiger partial charge in [0.05, 0.1) is 0 Å². The molecule has 2 aromatic carbocycles. The topological polar surface area (TPSA) is 12.0 Å². The van der Waals surface area contributed by atoms with Crippen molar-refractivity contribution in [1.29, 1.82) is 0 Å². The highest BCUT2D eigenvalue weighted by Gasteiger charge is 2.21. The Morgan fingerprint density at radius 2 is 1.86 bits per heavy atom. The summed E-state index contributed by atoms with van der Waals surface area (Å²) in [5, 5.41) is 3.33. The molecule has 0 saturated heterocycles. The maximum atomic E-state index is 14.9. The van der Waals surface area contributed by atoms with Gasteiger partial charge in [0, 0.05) is 24.2 Å². The summed E-state index contributed by atoms with van der Waals surface area (Å²) < 4.78 is 14.9. The molecule has 1 unspecified atom stereocenters. The molecule has 1 aliphatic heterocycles. The fourth-order valence-corrected chi connectivity index (χ4v) is 3.45. The van der Waals surface area contributed by atoms with E-state index < -0.39 is 6.17 Å². The summed E-state index contributed by atoms with van der Waals surface area (Å²) in [4.78, 5) is 0. The fraction of sp³-hybridized carbons (Fsp3) is 0.368. The number of anilines is 1. The Morgan fingerprint density at radius 3 is 2.57 bits per heavy atom. The molecule has 110 valence electrons. The minimum Gasteiger partial charge on any atom is -0.384 e. The summed E-state index contributed by atoms with van der Waals surface area (Å²) in [7, 11) is 0. The Morgan fingerprint density at radius 1 is 1.14 bits per heavy atom. The second-order valence-corrected chi connectivity index (χ2v) is 6.11. The molecule has 0 fully saturated rings. The molecule has 0 aliphatic carbocycles. The molecular formula is C19H22FN. The van der Waals surface area contributed by atoms with E-state index in [0.29, 0.717) is 6.42 Å². The highest BCUT2D eigenvalue weighted by molar-refractivity contribution is 5.62. The van der Waals surface area contributed by atoms with Gasteiger partial charge in [0.25, 0.3) is 0 Å². The Bertz CT molecular complexity index is 652. The van der Waals surface area contributed by atoms with Crippen LogP contribution in [0.5, 0.6) is 0 Å². The van der Waals surface area contributed by atoms with Crippen molar-refractivity contribution >= 4 is 5.69 Å². The molecule has 0 amide bonds. The van der Waals surface area contributed by atoms with Crippen LogP contribution in [-0.4, -0.2) is 6.54 Å². The van der Waals surface area contributed by atoms with Crippen molar-refractivity contribution in [2.75, 3.05) is 11.9 Å². The molecule has 2 aromatic rings. The molecule has 2 heteroatoms. The van der Waals surface area contributed by atoms with Crippen LogP contribution < -0.4 is 5.32 Å². The van der Waals surface area contributed by atoms with Gasteiger partial charge in [0.15, 0.2) is 0 Å². The van der Waals surface area contributed by atoms with E-state index in [9.17, 15) is 4.39 Å². The SMILES string of the molecule is Cc1cc(C)c(CC(F)c2cccc3c2NCC3)c(C)c1. The molecular weight excluding hydrogens is 261 g/mol. The first-order chi connectivity index (χ1) is 10.1. The first kappa shape index (κ1) is 14.1. The van der Waals surface area contributed by atoms with Gasteiger partial charge in [0.1, 0.15) is 6.17 Å². The van der Waals surface area contributed by atoms with Crippen LogP contribution >= 0.6 is 0 Å². The molecule has 0 saturated carbocycles. The number of rotatable bonds is 3. The lowest BCUT2D eigenvalue weighted by Gasteiger charge is -2.17. The number of alkyl halides is 1. The zero-order valence-corrected chi connectivity index (χ0v) is 13.0. The minimum absolute atomic E-state index is 0.454. The second-order valence-electron chi connectivity index (χ2n) is 6.11. The second kappa shape index (κ2) is 5.51. The number of fused-ring (bicyclic) bond motifs is 1. The van der Waals surface area contributed by atoms with E-state index in [2.05, 4.69) is 44.3 Å². The third-order valence-corrected chi connectivity index (χ3v) is 4.44. The largest absolute Gasteiger partial charge is 0.384 e. The lowest BCUT2D eigenvalue weighted by atomic mass is 9.92. The molecule has 3 rings (SSSR count). The van der Waals surface area contributed by atoms with E-state index in [0.717, 1.165) is 29.8 Å². The molecule has 1 heterocycles. The van der Waals surface area contributed by atoms with Crippen molar-refractivity contribution in [3.05, 3.63) is 63.7 Å². The maximum Gasteiger partial charge on any atom is 0.131 e. The standard InChI is InChI=1S/C19H22FN/c1-12-9-13(2)17(14(3)10-12)11-18(20)16-6-4-5-15-7-8-21-19(15)16/h4-6,9-10,18,21H,7-8,11H2,1-3H3. The van der Waals surface area contributed by atoms with Crippen LogP contribution in [-0.2, 0) is 12.8 Å². The first-order valence-corrected chi connectivity index (χ1v) is 7.62. The zero-order valence-electron chi connectivity index (χ0n) is 13.0. The van der Waals surface area contributed by atoms with Crippen molar-refractivity contribution in [2.24, 2.45) is 0 Å². The number of nitrogens with one attached hydrogen (secondary N) is 1. The summed E-state index contributed by atoms with van der Waals surface area (Å²) in [6.45, 7) is 7.16. The molecule has 0 aromatic heterocycles. The highest BCUT2D eigenvalue weighted by atomic mass is 19.1. The predicted molar refractivity (Wildman–Crippen MR) is 86.8 cm³/mol. The lowest BCUT2D eigenvalue weighted by Crippen LogP contribution is -2.04. The number of hydrogen-bond donors (Lipinski definition) is 1. The fourth-order valence-electron chi connectivity index (χ4n) is 3.45. The smallest absolute Gasteiger partial charge is 0.131 e. The van der Waals surface area contributed by atoms with Gasteiger partial charge in [-0.1, -0.05) is 35.9 Å². The van der Waals surface area contributed by atoms with E-state index in [1.54, 1.807) is 0 Å². The molecule has 1 nitrogen and oxygen atoms in total. The van der Waals surface area contributed by atoms with Gasteiger partial charge in [-0.05, 0) is 49.4 Å². The van der Waals surface area contributed by atoms with Gasteiger partial charge < -0.3 is 5.32 Å². The van der Waals surface area contributed by atoms with Crippen molar-refractivity contribution in [2.45, 2.75) is 39.8 Å². The third-order valence-electron chi connectivity index (χ3n) is 4.44. The van der Waals surface area contributed by atoms with Crippen LogP contribution in [0.2, 0.25) is 0 Å². The molecule has 1 N–H and O–H groups in total. The molecule has 0 bridgehead atoms. The van der Waals surface area contributed by atoms with Crippen molar-refractivity contribution in [3.63, 3.8) is 0 Å². The van der Waals surface area contributed by atoms with Crippen LogP contribution in [0, 0.1) is 20.8 Å². The third kappa shape index (κ3) is 2.67. The van der Waals surface area contributed by atoms with Crippen LogP contribution in [0.15, 0.2) is 30.3 Å². The Balaban J connectivity index is 1.91. The van der Waals surface area contributed by atoms with Gasteiger partial charge in [-0.15, -0.1) is 0 Å². The molecule has 0 spiro atoms. The average Bonchev–Trinajstić information content (AvgIpc) is 2.90. The molecule has 21 heavy (non-hydrogen) atoms. The van der Waals surface area contributed by atoms with E-state index in [1.165, 1.54) is 22.3 Å². The lowest BCUT2D eigenvalue weighted by molar-refractivity contribution is 0.342. The van der Waals surface area contributed by atoms with Gasteiger partial charge >= 0.3 is 0 Å². The molecule has 1 aliphatic rings. The summed E-state index contributed by atoms with van der Waals surface area (Å²) >= 11 is 0. The van der Waals surface area contributed by atoms with Crippen molar-refractivity contribution < 1.29 is 4.39 Å². The normalized spacial score (nSPS) is 14.7. The van der Waals surface area contributed by atoms with Crippen molar-refractivity contribution in [1.82, 2.24) is 0 Å². The summed E-state index contributed by atoms with van der Waals surface area (Å²) in [5.41, 5.74) is 7.84. The first-order valence-electron chi connectivity index (χ1n) is 7.62.